The number of rotatable bonds is 6. The Morgan fingerprint density at radius 2 is 2.17 bits per heavy atom. The molecule has 0 saturated carbocycles. The Labute approximate surface area is 151 Å². The summed E-state index contributed by atoms with van der Waals surface area (Å²) >= 11 is 11.8. The summed E-state index contributed by atoms with van der Waals surface area (Å²) in [5, 5.41) is 10.9. The fraction of sp³-hybridized carbons (Fsp3) is 0.765. The molecule has 3 rings (SSSR count). The highest BCUT2D eigenvalue weighted by molar-refractivity contribution is 6.18. The lowest BCUT2D eigenvalue weighted by atomic mass is 9.69. The average Bonchev–Trinajstić information content (AvgIpc) is 2.72. The minimum atomic E-state index is -1.19. The molecule has 134 valence electrons. The Kier molecular flexibility index (Phi) is 4.89. The zero-order valence-electron chi connectivity index (χ0n) is 13.7. The van der Waals surface area contributed by atoms with Crippen LogP contribution in [0.4, 0.5) is 0 Å². The van der Waals surface area contributed by atoms with E-state index in [-0.39, 0.29) is 30.0 Å². The first kappa shape index (κ1) is 18.0. The molecule has 1 aliphatic carbocycles. The van der Waals surface area contributed by atoms with Crippen LogP contribution in [0.15, 0.2) is 12.2 Å². The van der Waals surface area contributed by atoms with Crippen molar-refractivity contribution in [2.75, 3.05) is 11.8 Å². The van der Waals surface area contributed by atoms with Gasteiger partial charge in [0.2, 0.25) is 5.91 Å². The second-order valence-corrected chi connectivity index (χ2v) is 7.73. The molecule has 0 aromatic rings. The maximum absolute atomic E-state index is 13.1. The quantitative estimate of drug-likeness (QED) is 0.439. The van der Waals surface area contributed by atoms with Gasteiger partial charge in [0, 0.05) is 17.7 Å². The van der Waals surface area contributed by atoms with Gasteiger partial charge < -0.3 is 9.84 Å². The number of aliphatic hydroxyl groups is 1. The normalized spacial score (nSPS) is 39.4. The minimum Gasteiger partial charge on any atom is -0.453 e. The van der Waals surface area contributed by atoms with Crippen LogP contribution < -0.4 is 0 Å². The molecule has 1 amide bonds. The maximum Gasteiger partial charge on any atom is 0.337 e. The van der Waals surface area contributed by atoms with Gasteiger partial charge in [-0.3, -0.25) is 9.69 Å². The third-order valence-corrected chi connectivity index (χ3v) is 6.28. The lowest BCUT2D eigenvalue weighted by Gasteiger charge is -2.55. The number of ether oxygens (including phenoxy) is 1. The molecule has 2 fully saturated rings. The van der Waals surface area contributed by atoms with Gasteiger partial charge >= 0.3 is 5.97 Å². The summed E-state index contributed by atoms with van der Waals surface area (Å²) in [7, 11) is 0. The Bertz CT molecular complexity index is 569. The number of halogens is 2. The Hall–Kier alpha value is -0.780. The number of likely N-dealkylation sites (tertiary alicyclic amines) is 1. The van der Waals surface area contributed by atoms with E-state index in [0.29, 0.717) is 6.42 Å². The van der Waals surface area contributed by atoms with Crippen molar-refractivity contribution in [1.82, 2.24) is 4.90 Å². The third kappa shape index (κ3) is 2.24. The van der Waals surface area contributed by atoms with Crippen molar-refractivity contribution in [3.8, 4) is 0 Å². The van der Waals surface area contributed by atoms with E-state index in [4.69, 9.17) is 27.9 Å². The highest BCUT2D eigenvalue weighted by Crippen LogP contribution is 2.58. The first-order chi connectivity index (χ1) is 11.4. The summed E-state index contributed by atoms with van der Waals surface area (Å²) in [6.45, 7) is 1.76. The number of aliphatic hydroxyl groups excluding tert-OH is 1. The van der Waals surface area contributed by atoms with Crippen molar-refractivity contribution in [3.63, 3.8) is 0 Å². The van der Waals surface area contributed by atoms with Gasteiger partial charge in [0.1, 0.15) is 6.23 Å². The van der Waals surface area contributed by atoms with Crippen molar-refractivity contribution < 1.29 is 19.4 Å². The molecule has 0 aromatic carbocycles. The van der Waals surface area contributed by atoms with Gasteiger partial charge in [-0.05, 0) is 39.0 Å². The molecule has 2 aliphatic heterocycles. The Morgan fingerprint density at radius 1 is 1.42 bits per heavy atom. The van der Waals surface area contributed by atoms with Crippen molar-refractivity contribution in [3.05, 3.63) is 12.2 Å². The summed E-state index contributed by atoms with van der Waals surface area (Å²) in [5.74, 6) is -0.973. The van der Waals surface area contributed by atoms with E-state index < -0.39 is 29.3 Å². The molecular weight excluding hydrogens is 353 g/mol. The monoisotopic (exact) mass is 375 g/mol. The fourth-order valence-electron chi connectivity index (χ4n) is 4.56. The van der Waals surface area contributed by atoms with E-state index in [1.165, 1.54) is 4.90 Å². The van der Waals surface area contributed by atoms with E-state index in [2.05, 4.69) is 0 Å². The van der Waals surface area contributed by atoms with Crippen molar-refractivity contribution in [1.29, 1.82) is 0 Å². The minimum absolute atomic E-state index is 0.178. The zero-order chi connectivity index (χ0) is 17.5. The Morgan fingerprint density at radius 3 is 2.71 bits per heavy atom. The summed E-state index contributed by atoms with van der Waals surface area (Å²) in [5.41, 5.74) is -2.17. The van der Waals surface area contributed by atoms with Gasteiger partial charge in [0.25, 0.3) is 0 Å². The molecule has 5 nitrogen and oxygen atoms in total. The van der Waals surface area contributed by atoms with Crippen LogP contribution in [0.1, 0.15) is 39.0 Å². The molecule has 24 heavy (non-hydrogen) atoms. The number of amides is 1. The standard InChI is InChI=1S/C17H23Cl2NO4/c1-16-12(7-9-18)14(22)20(13(21)11-5-3-2-4-6-11)17(16,8-10-19)15(23)24-16/h3,5,11-13,21H,2,4,6-10H2,1H3/t11-,12+,13+,16+,17+/m1/s1. The summed E-state index contributed by atoms with van der Waals surface area (Å²) in [4.78, 5) is 26.9. The van der Waals surface area contributed by atoms with Crippen molar-refractivity contribution in [2.24, 2.45) is 11.8 Å². The first-order valence-corrected chi connectivity index (χ1v) is 9.54. The number of nitrogens with zero attached hydrogens (tertiary/aromatic N) is 1. The molecule has 3 aliphatic rings. The fourth-order valence-corrected chi connectivity index (χ4v) is 5.05. The van der Waals surface area contributed by atoms with Crippen molar-refractivity contribution in [2.45, 2.75) is 56.4 Å². The van der Waals surface area contributed by atoms with E-state index >= 15 is 0 Å². The molecule has 0 bridgehead atoms. The van der Waals surface area contributed by atoms with Crippen LogP contribution >= 0.6 is 23.2 Å². The predicted octanol–water partition coefficient (Wildman–Crippen LogP) is 2.43. The zero-order valence-corrected chi connectivity index (χ0v) is 15.2. The Balaban J connectivity index is 2.01. The second-order valence-electron chi connectivity index (χ2n) is 6.97. The lowest BCUT2D eigenvalue weighted by Crippen LogP contribution is -2.76. The van der Waals surface area contributed by atoms with E-state index in [9.17, 15) is 14.7 Å². The highest BCUT2D eigenvalue weighted by atomic mass is 35.5. The van der Waals surface area contributed by atoms with E-state index in [1.807, 2.05) is 12.2 Å². The number of carbonyl (C=O) groups is 2. The summed E-state index contributed by atoms with van der Waals surface area (Å²) in [6.07, 6.45) is 6.27. The molecule has 7 heteroatoms. The van der Waals surface area contributed by atoms with Crippen molar-refractivity contribution >= 4 is 35.1 Å². The first-order valence-electron chi connectivity index (χ1n) is 8.47. The number of alkyl halides is 2. The topological polar surface area (TPSA) is 66.8 Å². The number of esters is 1. The molecule has 0 aromatic heterocycles. The number of fused-ring (bicyclic) bond motifs is 1. The highest BCUT2D eigenvalue weighted by Gasteiger charge is 2.80. The van der Waals surface area contributed by atoms with Crippen LogP contribution in [0.3, 0.4) is 0 Å². The number of allylic oxidation sites excluding steroid dienone is 1. The second kappa shape index (κ2) is 6.50. The van der Waals surface area contributed by atoms with Gasteiger partial charge in [0.15, 0.2) is 11.1 Å². The van der Waals surface area contributed by atoms with Gasteiger partial charge in [-0.25, -0.2) is 4.79 Å². The number of hydrogen-bond acceptors (Lipinski definition) is 4. The van der Waals surface area contributed by atoms with Crippen LogP contribution in [0.5, 0.6) is 0 Å². The van der Waals surface area contributed by atoms with Crippen LogP contribution in [0.25, 0.3) is 0 Å². The van der Waals surface area contributed by atoms with E-state index in [1.54, 1.807) is 6.92 Å². The van der Waals surface area contributed by atoms with Crippen LogP contribution in [0, 0.1) is 11.8 Å². The molecule has 0 radical (unpaired) electrons. The SMILES string of the molecule is C[C@@]12OC(=O)[C@]1(CCCl)N([C@@H](O)[C@@H]1C=CCCC1)C(=O)[C@@H]2CCCl. The lowest BCUT2D eigenvalue weighted by molar-refractivity contribution is -0.245. The third-order valence-electron chi connectivity index (χ3n) is 5.87. The largest absolute Gasteiger partial charge is 0.453 e. The number of carbonyl (C=O) groups excluding carboxylic acids is 2. The van der Waals surface area contributed by atoms with Gasteiger partial charge in [0.05, 0.1) is 5.92 Å². The molecule has 2 heterocycles. The van der Waals surface area contributed by atoms with Gasteiger partial charge in [-0.1, -0.05) is 12.2 Å². The molecule has 2 saturated heterocycles. The molecule has 0 unspecified atom stereocenters. The summed E-state index contributed by atoms with van der Waals surface area (Å²) < 4.78 is 5.46. The van der Waals surface area contributed by atoms with Gasteiger partial charge in [-0.2, -0.15) is 0 Å². The molecule has 5 atom stereocenters. The summed E-state index contributed by atoms with van der Waals surface area (Å²) in [6, 6.07) is 0. The maximum atomic E-state index is 13.1. The van der Waals surface area contributed by atoms with Crippen LogP contribution in [-0.4, -0.2) is 51.0 Å². The van der Waals surface area contributed by atoms with Gasteiger partial charge in [-0.15, -0.1) is 23.2 Å². The van der Waals surface area contributed by atoms with E-state index in [0.717, 1.165) is 19.3 Å². The number of hydrogen-bond donors (Lipinski definition) is 1. The molecular formula is C17H23Cl2NO4. The molecule has 1 N–H and O–H groups in total. The average molecular weight is 376 g/mol. The van der Waals surface area contributed by atoms with Crippen LogP contribution in [0.2, 0.25) is 0 Å². The smallest absolute Gasteiger partial charge is 0.337 e. The predicted molar refractivity (Wildman–Crippen MR) is 90.7 cm³/mol. The van der Waals surface area contributed by atoms with Crippen LogP contribution in [-0.2, 0) is 14.3 Å². The molecule has 0 spiro atoms.